The van der Waals surface area contributed by atoms with Crippen molar-refractivity contribution in [1.29, 1.82) is 0 Å². The Labute approximate surface area is 151 Å². The highest BCUT2D eigenvalue weighted by molar-refractivity contribution is 7.90. The lowest BCUT2D eigenvalue weighted by atomic mass is 10.1. The van der Waals surface area contributed by atoms with Crippen molar-refractivity contribution in [2.75, 3.05) is 13.4 Å². The number of amides is 1. The van der Waals surface area contributed by atoms with E-state index in [2.05, 4.69) is 15.4 Å². The maximum Gasteiger partial charge on any atom is 0.295 e. The molecule has 0 aliphatic carbocycles. The summed E-state index contributed by atoms with van der Waals surface area (Å²) in [4.78, 5) is 16.9. The molecule has 1 heterocycles. The molecule has 0 unspecified atom stereocenters. The monoisotopic (exact) mass is 371 g/mol. The summed E-state index contributed by atoms with van der Waals surface area (Å²) in [5, 5.41) is 4.34. The standard InChI is InChI=1S/C18H17N3O4S/c1-25-20-18(22)16-12-17(13-6-4-3-5-7-13)21(19-16)14-8-10-15(11-9-14)26(2,23)24/h3-12H,1-2H3,(H,20,22). The first-order valence-corrected chi connectivity index (χ1v) is 9.58. The molecule has 0 fully saturated rings. The molecule has 0 radical (unpaired) electrons. The van der Waals surface area contributed by atoms with Gasteiger partial charge in [0.2, 0.25) is 0 Å². The third-order valence-corrected chi connectivity index (χ3v) is 4.84. The Morgan fingerprint density at radius 3 is 2.31 bits per heavy atom. The predicted molar refractivity (Wildman–Crippen MR) is 96.6 cm³/mol. The third-order valence-electron chi connectivity index (χ3n) is 3.72. The van der Waals surface area contributed by atoms with Crippen molar-refractivity contribution in [3.63, 3.8) is 0 Å². The highest BCUT2D eigenvalue weighted by Gasteiger charge is 2.17. The Morgan fingerprint density at radius 2 is 1.73 bits per heavy atom. The Morgan fingerprint density at radius 1 is 1.08 bits per heavy atom. The molecule has 7 nitrogen and oxygen atoms in total. The van der Waals surface area contributed by atoms with Crippen molar-refractivity contribution >= 4 is 15.7 Å². The molecule has 3 aromatic rings. The van der Waals surface area contributed by atoms with E-state index in [0.29, 0.717) is 11.4 Å². The zero-order valence-corrected chi connectivity index (χ0v) is 15.0. The summed E-state index contributed by atoms with van der Waals surface area (Å²) in [6, 6.07) is 17.4. The lowest BCUT2D eigenvalue weighted by molar-refractivity contribution is 0.0532. The number of hydroxylamine groups is 1. The van der Waals surface area contributed by atoms with Crippen LogP contribution in [0.25, 0.3) is 16.9 Å². The number of nitrogens with one attached hydrogen (secondary N) is 1. The number of benzene rings is 2. The molecule has 3 rings (SSSR count). The second-order valence-corrected chi connectivity index (χ2v) is 7.61. The maximum atomic E-state index is 12.1. The molecule has 8 heteroatoms. The van der Waals surface area contributed by atoms with E-state index < -0.39 is 15.7 Å². The predicted octanol–water partition coefficient (Wildman–Crippen LogP) is 2.23. The number of sulfone groups is 1. The van der Waals surface area contributed by atoms with Gasteiger partial charge in [0, 0.05) is 11.8 Å². The average Bonchev–Trinajstić information content (AvgIpc) is 3.07. The van der Waals surface area contributed by atoms with Crippen LogP contribution in [-0.4, -0.2) is 37.5 Å². The van der Waals surface area contributed by atoms with E-state index in [1.807, 2.05) is 30.3 Å². The molecule has 0 saturated heterocycles. The van der Waals surface area contributed by atoms with Gasteiger partial charge in [-0.3, -0.25) is 9.63 Å². The number of hydrogen-bond donors (Lipinski definition) is 1. The summed E-state index contributed by atoms with van der Waals surface area (Å²) in [5.41, 5.74) is 4.61. The molecule has 1 amide bonds. The van der Waals surface area contributed by atoms with E-state index in [1.54, 1.807) is 22.9 Å². The first-order valence-electron chi connectivity index (χ1n) is 7.69. The van der Waals surface area contributed by atoms with Crippen LogP contribution in [0.1, 0.15) is 10.5 Å². The van der Waals surface area contributed by atoms with Crippen LogP contribution in [0.2, 0.25) is 0 Å². The summed E-state index contributed by atoms with van der Waals surface area (Å²) < 4.78 is 24.9. The molecule has 26 heavy (non-hydrogen) atoms. The van der Waals surface area contributed by atoms with Crippen molar-refractivity contribution in [2.24, 2.45) is 0 Å². The number of nitrogens with zero attached hydrogens (tertiary/aromatic N) is 2. The van der Waals surface area contributed by atoms with Crippen LogP contribution < -0.4 is 5.48 Å². The van der Waals surface area contributed by atoms with Gasteiger partial charge in [0.05, 0.1) is 23.4 Å². The second kappa shape index (κ2) is 7.11. The molecule has 0 saturated carbocycles. The van der Waals surface area contributed by atoms with Crippen LogP contribution in [0, 0.1) is 0 Å². The van der Waals surface area contributed by atoms with E-state index in [4.69, 9.17) is 0 Å². The largest absolute Gasteiger partial charge is 0.295 e. The normalized spacial score (nSPS) is 11.3. The number of rotatable bonds is 5. The van der Waals surface area contributed by atoms with Crippen LogP contribution in [0.3, 0.4) is 0 Å². The summed E-state index contributed by atoms with van der Waals surface area (Å²) in [7, 11) is -1.95. The topological polar surface area (TPSA) is 90.3 Å². The molecule has 0 aliphatic heterocycles. The average molecular weight is 371 g/mol. The number of carbonyl (C=O) groups excluding carboxylic acids is 1. The summed E-state index contributed by atoms with van der Waals surface area (Å²) in [6.07, 6.45) is 1.15. The molecule has 0 spiro atoms. The Kier molecular flexibility index (Phi) is 4.88. The van der Waals surface area contributed by atoms with E-state index in [-0.39, 0.29) is 10.6 Å². The van der Waals surface area contributed by atoms with Gasteiger partial charge >= 0.3 is 0 Å². The number of carbonyl (C=O) groups is 1. The van der Waals surface area contributed by atoms with E-state index in [1.165, 1.54) is 19.2 Å². The van der Waals surface area contributed by atoms with E-state index in [9.17, 15) is 13.2 Å². The van der Waals surface area contributed by atoms with Crippen molar-refractivity contribution in [3.05, 3.63) is 66.4 Å². The van der Waals surface area contributed by atoms with Crippen LogP contribution in [0.15, 0.2) is 65.6 Å². The van der Waals surface area contributed by atoms with Crippen LogP contribution >= 0.6 is 0 Å². The number of aromatic nitrogens is 2. The van der Waals surface area contributed by atoms with Gasteiger partial charge in [0.1, 0.15) is 0 Å². The Balaban J connectivity index is 2.11. The molecule has 1 N–H and O–H groups in total. The van der Waals surface area contributed by atoms with Crippen molar-refractivity contribution in [2.45, 2.75) is 4.90 Å². The minimum absolute atomic E-state index is 0.179. The quantitative estimate of drug-likeness (QED) is 0.695. The van der Waals surface area contributed by atoms with Gasteiger partial charge in [0.25, 0.3) is 5.91 Å². The van der Waals surface area contributed by atoms with Gasteiger partial charge in [0.15, 0.2) is 15.5 Å². The fraction of sp³-hybridized carbons (Fsp3) is 0.111. The van der Waals surface area contributed by atoms with Gasteiger partial charge in [-0.25, -0.2) is 18.6 Å². The van der Waals surface area contributed by atoms with Gasteiger partial charge in [-0.1, -0.05) is 30.3 Å². The molecule has 2 aromatic carbocycles. The zero-order chi connectivity index (χ0) is 18.7. The minimum Gasteiger partial charge on any atom is -0.277 e. The minimum atomic E-state index is -3.29. The van der Waals surface area contributed by atoms with Crippen molar-refractivity contribution < 1.29 is 18.0 Å². The van der Waals surface area contributed by atoms with Gasteiger partial charge in [-0.15, -0.1) is 0 Å². The molecular weight excluding hydrogens is 354 g/mol. The third kappa shape index (κ3) is 3.66. The highest BCUT2D eigenvalue weighted by Crippen LogP contribution is 2.24. The van der Waals surface area contributed by atoms with Gasteiger partial charge in [-0.2, -0.15) is 5.10 Å². The lowest BCUT2D eigenvalue weighted by Gasteiger charge is -2.08. The Hall–Kier alpha value is -2.97. The SMILES string of the molecule is CONC(=O)c1cc(-c2ccccc2)n(-c2ccc(S(C)(=O)=O)cc2)n1. The molecule has 1 aromatic heterocycles. The highest BCUT2D eigenvalue weighted by atomic mass is 32.2. The first-order chi connectivity index (χ1) is 12.4. The van der Waals surface area contributed by atoms with E-state index >= 15 is 0 Å². The smallest absolute Gasteiger partial charge is 0.277 e. The molecule has 0 bridgehead atoms. The van der Waals surface area contributed by atoms with E-state index in [0.717, 1.165) is 11.8 Å². The summed E-state index contributed by atoms with van der Waals surface area (Å²) in [6.45, 7) is 0. The van der Waals surface area contributed by atoms with Gasteiger partial charge in [-0.05, 0) is 30.3 Å². The van der Waals surface area contributed by atoms with Crippen molar-refractivity contribution in [3.8, 4) is 16.9 Å². The summed E-state index contributed by atoms with van der Waals surface area (Å²) >= 11 is 0. The molecule has 134 valence electrons. The maximum absolute atomic E-state index is 12.1. The molecule has 0 atom stereocenters. The van der Waals surface area contributed by atoms with Crippen molar-refractivity contribution in [1.82, 2.24) is 15.3 Å². The Bertz CT molecular complexity index is 1030. The fourth-order valence-corrected chi connectivity index (χ4v) is 3.11. The number of hydrogen-bond acceptors (Lipinski definition) is 5. The van der Waals surface area contributed by atoms with Gasteiger partial charge < -0.3 is 0 Å². The second-order valence-electron chi connectivity index (χ2n) is 5.59. The zero-order valence-electron chi connectivity index (χ0n) is 14.2. The van der Waals surface area contributed by atoms with Crippen LogP contribution in [-0.2, 0) is 14.7 Å². The fourth-order valence-electron chi connectivity index (χ4n) is 2.48. The summed E-state index contributed by atoms with van der Waals surface area (Å²) in [5.74, 6) is -0.476. The van der Waals surface area contributed by atoms with Crippen LogP contribution in [0.5, 0.6) is 0 Å². The van der Waals surface area contributed by atoms with Crippen LogP contribution in [0.4, 0.5) is 0 Å². The first kappa shape index (κ1) is 17.8. The molecule has 0 aliphatic rings. The molecular formula is C18H17N3O4S. The lowest BCUT2D eigenvalue weighted by Crippen LogP contribution is -2.22.